The third kappa shape index (κ3) is 3.09. The molecule has 0 N–H and O–H groups in total. The van der Waals surface area contributed by atoms with Crippen molar-refractivity contribution in [3.63, 3.8) is 0 Å². The van der Waals surface area contributed by atoms with Gasteiger partial charge in [-0.3, -0.25) is 4.79 Å². The normalized spacial score (nSPS) is 12.3. The van der Waals surface area contributed by atoms with Gasteiger partial charge in [-0.05, 0) is 23.6 Å². The second kappa shape index (κ2) is 5.51. The van der Waals surface area contributed by atoms with Crippen LogP contribution in [0.5, 0.6) is 0 Å². The van der Waals surface area contributed by atoms with Crippen molar-refractivity contribution in [3.8, 4) is 0 Å². The van der Waals surface area contributed by atoms with Crippen LogP contribution in [0, 0.1) is 5.82 Å². The molecule has 5 heteroatoms. The summed E-state index contributed by atoms with van der Waals surface area (Å²) in [5, 5.41) is 0.321. The lowest BCUT2D eigenvalue weighted by atomic mass is 9.98. The minimum absolute atomic E-state index is 0.0287. The number of methoxy groups -OCH3 is 1. The second-order valence-corrected chi connectivity index (χ2v) is 4.28. The number of hydrogen-bond donors (Lipinski definition) is 0. The number of benzene rings is 1. The van der Waals surface area contributed by atoms with E-state index in [0.29, 0.717) is 10.6 Å². The van der Waals surface area contributed by atoms with Gasteiger partial charge in [-0.2, -0.15) is 0 Å². The molecule has 1 rings (SSSR count). The maximum Gasteiger partial charge on any atom is 0.306 e. The smallest absolute Gasteiger partial charge is 0.306 e. The first kappa shape index (κ1) is 13.3. The summed E-state index contributed by atoms with van der Waals surface area (Å²) >= 11 is 11.5. The van der Waals surface area contributed by atoms with Crippen molar-refractivity contribution >= 4 is 29.2 Å². The van der Waals surface area contributed by atoms with Gasteiger partial charge >= 0.3 is 5.97 Å². The minimum atomic E-state index is -0.544. The molecule has 0 aliphatic heterocycles. The van der Waals surface area contributed by atoms with E-state index in [1.807, 2.05) is 0 Å². The van der Waals surface area contributed by atoms with Crippen molar-refractivity contribution in [2.24, 2.45) is 0 Å². The van der Waals surface area contributed by atoms with Crippen LogP contribution >= 0.6 is 23.2 Å². The topological polar surface area (TPSA) is 26.3 Å². The van der Waals surface area contributed by atoms with E-state index in [9.17, 15) is 9.18 Å². The van der Waals surface area contributed by atoms with Gasteiger partial charge in [0, 0.05) is 5.02 Å². The van der Waals surface area contributed by atoms with E-state index in [-0.39, 0.29) is 23.3 Å². The number of esters is 1. The van der Waals surface area contributed by atoms with Crippen molar-refractivity contribution in [3.05, 3.63) is 33.6 Å². The average Bonchev–Trinajstić information content (AvgIpc) is 2.23. The first-order valence-electron chi connectivity index (χ1n) is 4.67. The van der Waals surface area contributed by atoms with Gasteiger partial charge in [0.05, 0.1) is 18.6 Å². The summed E-state index contributed by atoms with van der Waals surface area (Å²) in [6.45, 7) is 1.77. The van der Waals surface area contributed by atoms with Gasteiger partial charge < -0.3 is 4.74 Å². The zero-order valence-corrected chi connectivity index (χ0v) is 10.4. The second-order valence-electron chi connectivity index (χ2n) is 3.47. The average molecular weight is 265 g/mol. The Morgan fingerprint density at radius 2 is 2.06 bits per heavy atom. The van der Waals surface area contributed by atoms with Crippen LogP contribution in [0.15, 0.2) is 12.1 Å². The lowest BCUT2D eigenvalue weighted by Gasteiger charge is -2.12. The summed E-state index contributed by atoms with van der Waals surface area (Å²) in [7, 11) is 1.30. The maximum absolute atomic E-state index is 13.2. The van der Waals surface area contributed by atoms with Gasteiger partial charge in [-0.25, -0.2) is 4.39 Å². The molecule has 1 atom stereocenters. The van der Waals surface area contributed by atoms with Crippen LogP contribution in [-0.2, 0) is 9.53 Å². The highest BCUT2D eigenvalue weighted by Crippen LogP contribution is 2.31. The molecule has 0 saturated heterocycles. The monoisotopic (exact) mass is 264 g/mol. The van der Waals surface area contributed by atoms with Crippen LogP contribution in [0.1, 0.15) is 24.8 Å². The number of rotatable bonds is 3. The fourth-order valence-corrected chi connectivity index (χ4v) is 1.93. The van der Waals surface area contributed by atoms with Crippen LogP contribution in [0.2, 0.25) is 10.0 Å². The number of carbonyl (C=O) groups is 1. The van der Waals surface area contributed by atoms with Crippen LogP contribution in [0.4, 0.5) is 4.39 Å². The fraction of sp³-hybridized carbons (Fsp3) is 0.364. The van der Waals surface area contributed by atoms with Crippen molar-refractivity contribution in [1.82, 2.24) is 0 Å². The third-order valence-corrected chi connectivity index (χ3v) is 2.89. The fourth-order valence-electron chi connectivity index (χ4n) is 1.36. The molecule has 1 unspecified atom stereocenters. The van der Waals surface area contributed by atoms with Crippen LogP contribution < -0.4 is 0 Å². The highest BCUT2D eigenvalue weighted by Gasteiger charge is 2.16. The zero-order chi connectivity index (χ0) is 12.3. The largest absolute Gasteiger partial charge is 0.469 e. The molecule has 0 bridgehead atoms. The van der Waals surface area contributed by atoms with E-state index in [1.54, 1.807) is 6.92 Å². The molecular weight excluding hydrogens is 254 g/mol. The van der Waals surface area contributed by atoms with E-state index in [0.717, 1.165) is 0 Å². The molecule has 0 amide bonds. The summed E-state index contributed by atoms with van der Waals surface area (Å²) in [5.74, 6) is -1.12. The van der Waals surface area contributed by atoms with Crippen molar-refractivity contribution < 1.29 is 13.9 Å². The Labute approximate surface area is 103 Å². The molecule has 0 heterocycles. The predicted molar refractivity (Wildman–Crippen MR) is 61.5 cm³/mol. The zero-order valence-electron chi connectivity index (χ0n) is 8.89. The summed E-state index contributed by atoms with van der Waals surface area (Å²) in [4.78, 5) is 11.1. The molecule has 2 nitrogen and oxygen atoms in total. The summed E-state index contributed by atoms with van der Waals surface area (Å²) in [6, 6.07) is 2.58. The van der Waals surface area contributed by atoms with Gasteiger partial charge in [0.15, 0.2) is 0 Å². The summed E-state index contributed by atoms with van der Waals surface area (Å²) < 4.78 is 17.8. The first-order valence-corrected chi connectivity index (χ1v) is 5.42. The van der Waals surface area contributed by atoms with Gasteiger partial charge in [-0.15, -0.1) is 0 Å². The molecule has 0 aliphatic rings. The third-order valence-electron chi connectivity index (χ3n) is 2.27. The predicted octanol–water partition coefficient (Wildman–Crippen LogP) is 3.80. The molecule has 0 aliphatic carbocycles. The van der Waals surface area contributed by atoms with Crippen LogP contribution in [0.3, 0.4) is 0 Å². The van der Waals surface area contributed by atoms with Crippen molar-refractivity contribution in [1.29, 1.82) is 0 Å². The van der Waals surface area contributed by atoms with Crippen LogP contribution in [-0.4, -0.2) is 13.1 Å². The number of hydrogen-bond acceptors (Lipinski definition) is 2. The maximum atomic E-state index is 13.2. The Hall–Kier alpha value is -0.800. The molecule has 0 saturated carbocycles. The Morgan fingerprint density at radius 3 is 2.62 bits per heavy atom. The Bertz CT molecular complexity index is 407. The molecule has 0 aromatic heterocycles. The van der Waals surface area contributed by atoms with Crippen molar-refractivity contribution in [2.75, 3.05) is 7.11 Å². The molecule has 0 fully saturated rings. The molecule has 1 aromatic rings. The molecule has 0 spiro atoms. The Balaban J connectivity index is 2.95. The SMILES string of the molecule is COC(=O)CC(C)c1cc(F)c(Cl)cc1Cl. The number of carbonyl (C=O) groups excluding carboxylic acids is 1. The quantitative estimate of drug-likeness (QED) is 0.613. The van der Waals surface area contributed by atoms with Crippen molar-refractivity contribution in [2.45, 2.75) is 19.3 Å². The van der Waals surface area contributed by atoms with E-state index in [2.05, 4.69) is 4.74 Å². The first-order chi connectivity index (χ1) is 7.45. The number of halogens is 3. The molecule has 16 heavy (non-hydrogen) atoms. The summed E-state index contributed by atoms with van der Waals surface area (Å²) in [5.41, 5.74) is 0.550. The van der Waals surface area contributed by atoms with Gasteiger partial charge in [0.1, 0.15) is 5.82 Å². The molecule has 1 aromatic carbocycles. The highest BCUT2D eigenvalue weighted by molar-refractivity contribution is 6.35. The molecule has 88 valence electrons. The minimum Gasteiger partial charge on any atom is -0.469 e. The van der Waals surface area contributed by atoms with E-state index >= 15 is 0 Å². The highest BCUT2D eigenvalue weighted by atomic mass is 35.5. The standard InChI is InChI=1S/C11H11Cl2FO2/c1-6(3-11(15)16-2)7-4-10(14)9(13)5-8(7)12/h4-6H,3H2,1-2H3. The van der Waals surface area contributed by atoms with Gasteiger partial charge in [-0.1, -0.05) is 30.1 Å². The van der Waals surface area contributed by atoms with Crippen LogP contribution in [0.25, 0.3) is 0 Å². The molecule has 0 radical (unpaired) electrons. The molecular formula is C11H11Cl2FO2. The van der Waals surface area contributed by atoms with E-state index in [1.165, 1.54) is 19.2 Å². The lowest BCUT2D eigenvalue weighted by molar-refractivity contribution is -0.140. The Kier molecular flexibility index (Phi) is 4.56. The van der Waals surface area contributed by atoms with E-state index in [4.69, 9.17) is 23.2 Å². The summed E-state index contributed by atoms with van der Waals surface area (Å²) in [6.07, 6.45) is 0.150. The number of ether oxygens (including phenoxy) is 1. The Morgan fingerprint density at radius 1 is 1.44 bits per heavy atom. The van der Waals surface area contributed by atoms with E-state index < -0.39 is 5.82 Å². The van der Waals surface area contributed by atoms with Gasteiger partial charge in [0.2, 0.25) is 0 Å². The lowest BCUT2D eigenvalue weighted by Crippen LogP contribution is -2.06. The van der Waals surface area contributed by atoms with Gasteiger partial charge in [0.25, 0.3) is 0 Å².